The van der Waals surface area contributed by atoms with Gasteiger partial charge >= 0.3 is 0 Å². The Kier molecular flexibility index (Phi) is 5.79. The highest BCUT2D eigenvalue weighted by Gasteiger charge is 2.12. The predicted octanol–water partition coefficient (Wildman–Crippen LogP) is 8.67. The topological polar surface area (TPSA) is 4.93 Å². The number of halogens is 1. The van der Waals surface area contributed by atoms with Gasteiger partial charge in [0, 0.05) is 21.8 Å². The Morgan fingerprint density at radius 2 is 1.38 bits per heavy atom. The predicted molar refractivity (Wildman–Crippen MR) is 143 cm³/mol. The number of hydrogen-bond acceptors (Lipinski definition) is 0. The van der Waals surface area contributed by atoms with E-state index in [0.29, 0.717) is 0 Å². The van der Waals surface area contributed by atoms with Crippen molar-refractivity contribution in [1.82, 2.24) is 4.57 Å². The molecule has 4 aromatic carbocycles. The number of fused-ring (bicyclic) bond motifs is 3. The lowest BCUT2D eigenvalue weighted by Crippen LogP contribution is -1.93. The lowest BCUT2D eigenvalue weighted by molar-refractivity contribution is 1.18. The van der Waals surface area contributed by atoms with Crippen LogP contribution in [0.15, 0.2) is 115 Å². The minimum Gasteiger partial charge on any atom is -0.309 e. The van der Waals surface area contributed by atoms with Crippen LogP contribution in [0.25, 0.3) is 38.6 Å². The number of aromatic nitrogens is 1. The van der Waals surface area contributed by atoms with Gasteiger partial charge in [-0.2, -0.15) is 0 Å². The molecule has 0 amide bonds. The first-order chi connectivity index (χ1) is 15.8. The third kappa shape index (κ3) is 3.83. The third-order valence-electron chi connectivity index (χ3n) is 5.92. The highest BCUT2D eigenvalue weighted by Crippen LogP contribution is 2.34. The van der Waals surface area contributed by atoms with Gasteiger partial charge in [0.05, 0.1) is 11.0 Å². The van der Waals surface area contributed by atoms with Crippen LogP contribution in [0.4, 0.5) is 0 Å². The van der Waals surface area contributed by atoms with Gasteiger partial charge in [-0.1, -0.05) is 101 Å². The summed E-state index contributed by atoms with van der Waals surface area (Å²) in [6.07, 6.45) is 4.51. The van der Waals surface area contributed by atoms with Crippen LogP contribution in [0, 0.1) is 0 Å². The Balaban J connectivity index is 1.66. The van der Waals surface area contributed by atoms with E-state index < -0.39 is 0 Å². The first-order valence-corrected chi connectivity index (χ1v) is 12.0. The molecule has 0 aliphatic rings. The van der Waals surface area contributed by atoms with E-state index in [9.17, 15) is 0 Å². The van der Waals surface area contributed by atoms with Gasteiger partial charge in [-0.25, -0.2) is 0 Å². The smallest absolute Gasteiger partial charge is 0.0541 e. The quantitative estimate of drug-likeness (QED) is 0.176. The molecule has 0 bridgehead atoms. The molecule has 1 heterocycles. The molecule has 2 heteroatoms. The molecule has 5 aromatic rings. The number of alkyl halides is 1. The number of benzene rings is 4. The Morgan fingerprint density at radius 1 is 0.719 bits per heavy atom. The second-order valence-corrected chi connectivity index (χ2v) is 8.57. The van der Waals surface area contributed by atoms with Crippen LogP contribution >= 0.6 is 15.9 Å². The fourth-order valence-corrected chi connectivity index (χ4v) is 4.71. The van der Waals surface area contributed by atoms with Crippen molar-refractivity contribution in [3.8, 4) is 5.69 Å². The zero-order chi connectivity index (χ0) is 21.9. The van der Waals surface area contributed by atoms with Crippen LogP contribution in [0.3, 0.4) is 0 Å². The van der Waals surface area contributed by atoms with Gasteiger partial charge in [0.15, 0.2) is 0 Å². The molecule has 0 aliphatic heterocycles. The van der Waals surface area contributed by atoms with E-state index in [1.54, 1.807) is 0 Å². The summed E-state index contributed by atoms with van der Waals surface area (Å²) < 4.78 is 2.35. The van der Waals surface area contributed by atoms with Crippen molar-refractivity contribution in [2.45, 2.75) is 6.92 Å². The molecule has 0 unspecified atom stereocenters. The van der Waals surface area contributed by atoms with E-state index >= 15 is 0 Å². The SMILES string of the molecule is C/C(=C\C(=C/CBr)c1ccccc1)c1ccc2c(c1)c1ccccc1n2-c1ccccc1. The second kappa shape index (κ2) is 9.02. The van der Waals surface area contributed by atoms with Crippen LogP contribution in [-0.2, 0) is 0 Å². The molecular weight excluding hydrogens is 454 g/mol. The molecule has 0 aliphatic carbocycles. The first-order valence-electron chi connectivity index (χ1n) is 10.8. The second-order valence-electron chi connectivity index (χ2n) is 7.93. The first kappa shape index (κ1) is 20.5. The van der Waals surface area contributed by atoms with E-state index in [0.717, 1.165) is 5.33 Å². The summed E-state index contributed by atoms with van der Waals surface area (Å²) in [7, 11) is 0. The highest BCUT2D eigenvalue weighted by atomic mass is 79.9. The summed E-state index contributed by atoms with van der Waals surface area (Å²) in [6.45, 7) is 2.20. The zero-order valence-corrected chi connectivity index (χ0v) is 19.6. The maximum atomic E-state index is 3.57. The lowest BCUT2D eigenvalue weighted by Gasteiger charge is -2.09. The minimum absolute atomic E-state index is 0.824. The van der Waals surface area contributed by atoms with Gasteiger partial charge in [-0.05, 0) is 59.5 Å². The van der Waals surface area contributed by atoms with E-state index in [2.05, 4.69) is 143 Å². The highest BCUT2D eigenvalue weighted by molar-refractivity contribution is 9.09. The van der Waals surface area contributed by atoms with Crippen LogP contribution in [0.5, 0.6) is 0 Å². The molecule has 0 saturated heterocycles. The van der Waals surface area contributed by atoms with Crippen molar-refractivity contribution in [3.05, 3.63) is 126 Å². The summed E-state index contributed by atoms with van der Waals surface area (Å²) in [6, 6.07) is 36.6. The fraction of sp³-hybridized carbons (Fsp3) is 0.0667. The molecule has 1 nitrogen and oxygen atoms in total. The Hall–Kier alpha value is -3.36. The van der Waals surface area contributed by atoms with Crippen molar-refractivity contribution in [2.24, 2.45) is 0 Å². The number of para-hydroxylation sites is 2. The van der Waals surface area contributed by atoms with Crippen LogP contribution in [0.2, 0.25) is 0 Å². The van der Waals surface area contributed by atoms with Gasteiger partial charge < -0.3 is 4.57 Å². The molecule has 0 saturated carbocycles. The van der Waals surface area contributed by atoms with Gasteiger partial charge in [0.2, 0.25) is 0 Å². The van der Waals surface area contributed by atoms with Crippen molar-refractivity contribution in [3.63, 3.8) is 0 Å². The molecular formula is C30H24BrN. The van der Waals surface area contributed by atoms with Crippen molar-refractivity contribution < 1.29 is 0 Å². The number of allylic oxidation sites excluding steroid dienone is 4. The largest absolute Gasteiger partial charge is 0.309 e. The maximum Gasteiger partial charge on any atom is 0.0541 e. The van der Waals surface area contributed by atoms with Crippen LogP contribution in [0.1, 0.15) is 18.1 Å². The molecule has 156 valence electrons. The summed E-state index contributed by atoms with van der Waals surface area (Å²) in [5.41, 5.74) is 8.60. The molecule has 0 spiro atoms. The third-order valence-corrected chi connectivity index (χ3v) is 6.24. The number of nitrogens with zero attached hydrogens (tertiary/aromatic N) is 1. The minimum atomic E-state index is 0.824. The molecule has 0 fully saturated rings. The average molecular weight is 478 g/mol. The van der Waals surface area contributed by atoms with Crippen molar-refractivity contribution in [1.29, 1.82) is 0 Å². The fourth-order valence-electron chi connectivity index (χ4n) is 4.36. The molecule has 0 radical (unpaired) electrons. The maximum absolute atomic E-state index is 3.57. The number of rotatable bonds is 5. The van der Waals surface area contributed by atoms with Gasteiger partial charge in [0.1, 0.15) is 0 Å². The van der Waals surface area contributed by atoms with Gasteiger partial charge in [-0.15, -0.1) is 0 Å². The molecule has 5 rings (SSSR count). The zero-order valence-electron chi connectivity index (χ0n) is 18.0. The average Bonchev–Trinajstić information content (AvgIpc) is 3.18. The lowest BCUT2D eigenvalue weighted by atomic mass is 9.98. The summed E-state index contributed by atoms with van der Waals surface area (Å²) in [5, 5.41) is 3.38. The number of hydrogen-bond donors (Lipinski definition) is 0. The normalized spacial score (nSPS) is 12.6. The monoisotopic (exact) mass is 477 g/mol. The van der Waals surface area contributed by atoms with Crippen molar-refractivity contribution in [2.75, 3.05) is 5.33 Å². The summed E-state index contributed by atoms with van der Waals surface area (Å²) in [4.78, 5) is 0. The van der Waals surface area contributed by atoms with Gasteiger partial charge in [-0.3, -0.25) is 0 Å². The summed E-state index contributed by atoms with van der Waals surface area (Å²) >= 11 is 3.57. The molecule has 32 heavy (non-hydrogen) atoms. The Labute approximate surface area is 197 Å². The van der Waals surface area contributed by atoms with E-state index in [1.165, 1.54) is 49.8 Å². The summed E-state index contributed by atoms with van der Waals surface area (Å²) in [5.74, 6) is 0. The van der Waals surface area contributed by atoms with Crippen LogP contribution in [-0.4, -0.2) is 9.90 Å². The van der Waals surface area contributed by atoms with E-state index in [-0.39, 0.29) is 0 Å². The Bertz CT molecular complexity index is 1440. The Morgan fingerprint density at radius 3 is 2.12 bits per heavy atom. The van der Waals surface area contributed by atoms with Crippen LogP contribution < -0.4 is 0 Å². The molecule has 0 atom stereocenters. The molecule has 1 aromatic heterocycles. The molecule has 0 N–H and O–H groups in total. The van der Waals surface area contributed by atoms with Crippen molar-refractivity contribution >= 4 is 48.9 Å². The van der Waals surface area contributed by atoms with Gasteiger partial charge in [0.25, 0.3) is 0 Å². The van der Waals surface area contributed by atoms with E-state index in [1.807, 2.05) is 0 Å². The standard InChI is InChI=1S/C30H24BrN/c1-22(20-25(18-19-31)23-10-4-2-5-11-23)24-16-17-30-28(21-24)27-14-8-9-15-29(27)32(30)26-12-6-3-7-13-26/h2-18,20-21H,19H2,1H3/b22-20+,25-18+. The van der Waals surface area contributed by atoms with E-state index in [4.69, 9.17) is 0 Å².